The molecule has 2 aromatic carbocycles. The summed E-state index contributed by atoms with van der Waals surface area (Å²) in [5.41, 5.74) is 4.26. The fourth-order valence-corrected chi connectivity index (χ4v) is 3.69. The molecule has 0 aromatic heterocycles. The van der Waals surface area contributed by atoms with E-state index in [9.17, 15) is 13.2 Å². The number of hydrazone groups is 1. The lowest BCUT2D eigenvalue weighted by molar-refractivity contribution is -0.121. The van der Waals surface area contributed by atoms with E-state index in [1.165, 1.54) is 6.92 Å². The zero-order valence-corrected chi connectivity index (χ0v) is 16.5. The molecule has 0 spiro atoms. The van der Waals surface area contributed by atoms with Crippen LogP contribution in [0.1, 0.15) is 19.4 Å². The zero-order chi connectivity index (χ0) is 20.0. The quantitative estimate of drug-likeness (QED) is 0.582. The third kappa shape index (κ3) is 5.30. The molecule has 7 nitrogen and oxygen atoms in total. The smallest absolute Gasteiger partial charge is 0.263 e. The number of carbonyl (C=O) groups is 1. The highest BCUT2D eigenvalue weighted by molar-refractivity contribution is 7.92. The maximum absolute atomic E-state index is 12.5. The Morgan fingerprint density at radius 3 is 2.22 bits per heavy atom. The maximum atomic E-state index is 12.5. The normalized spacial score (nSPS) is 13.0. The minimum atomic E-state index is -3.65. The molecule has 0 heterocycles. The summed E-state index contributed by atoms with van der Waals surface area (Å²) in [7, 11) is -2.07. The molecule has 0 saturated heterocycles. The Balaban J connectivity index is 2.17. The molecule has 0 aliphatic carbocycles. The monoisotopic (exact) mass is 389 g/mol. The molecule has 0 radical (unpaired) electrons. The number of para-hydroxylation sites is 1. The predicted octanol–water partition coefficient (Wildman–Crippen LogP) is 2.39. The van der Waals surface area contributed by atoms with Gasteiger partial charge in [-0.1, -0.05) is 18.2 Å². The van der Waals surface area contributed by atoms with Crippen molar-refractivity contribution in [2.24, 2.45) is 5.10 Å². The molecule has 2 aromatic rings. The van der Waals surface area contributed by atoms with Crippen LogP contribution in [0.5, 0.6) is 5.75 Å². The van der Waals surface area contributed by atoms with Crippen molar-refractivity contribution in [2.75, 3.05) is 17.7 Å². The molecule has 27 heavy (non-hydrogen) atoms. The number of benzene rings is 2. The molecule has 2 rings (SSSR count). The Morgan fingerprint density at radius 2 is 1.70 bits per heavy atom. The predicted molar refractivity (Wildman–Crippen MR) is 107 cm³/mol. The second-order valence-electron chi connectivity index (χ2n) is 5.97. The van der Waals surface area contributed by atoms with Crippen LogP contribution >= 0.6 is 0 Å². The minimum Gasteiger partial charge on any atom is -0.497 e. The van der Waals surface area contributed by atoms with Gasteiger partial charge in [-0.2, -0.15) is 5.10 Å². The van der Waals surface area contributed by atoms with Crippen molar-refractivity contribution in [3.8, 4) is 5.75 Å². The van der Waals surface area contributed by atoms with Gasteiger partial charge in [0.05, 0.1) is 24.8 Å². The summed E-state index contributed by atoms with van der Waals surface area (Å²) >= 11 is 0. The molecule has 0 aliphatic rings. The standard InChI is InChI=1S/C19H23N3O4S/c1-14(16-10-12-18(26-3)13-11-16)20-21-19(23)15(2)22(27(4,24)25)17-8-6-5-7-9-17/h5-13,15H,1-4H3,(H,21,23)/b20-14-/t15-/m1/s1. The van der Waals surface area contributed by atoms with Crippen LogP contribution in [0.2, 0.25) is 0 Å². The fourth-order valence-electron chi connectivity index (χ4n) is 2.51. The third-order valence-corrected chi connectivity index (χ3v) is 5.18. The van der Waals surface area contributed by atoms with E-state index in [0.29, 0.717) is 11.4 Å². The number of methoxy groups -OCH3 is 1. The van der Waals surface area contributed by atoms with E-state index in [-0.39, 0.29) is 0 Å². The number of nitrogens with one attached hydrogen (secondary N) is 1. The molecular weight excluding hydrogens is 366 g/mol. The lowest BCUT2D eigenvalue weighted by Gasteiger charge is -2.27. The second kappa shape index (κ2) is 8.68. The Morgan fingerprint density at radius 1 is 1.11 bits per heavy atom. The molecule has 8 heteroatoms. The van der Waals surface area contributed by atoms with Crippen molar-refractivity contribution in [3.63, 3.8) is 0 Å². The Hall–Kier alpha value is -2.87. The van der Waals surface area contributed by atoms with Gasteiger partial charge in [-0.25, -0.2) is 13.8 Å². The minimum absolute atomic E-state index is 0.415. The van der Waals surface area contributed by atoms with Crippen molar-refractivity contribution in [1.29, 1.82) is 0 Å². The number of carbonyl (C=O) groups excluding carboxylic acids is 1. The van der Waals surface area contributed by atoms with Crippen LogP contribution in [-0.2, 0) is 14.8 Å². The average molecular weight is 389 g/mol. The number of ether oxygens (including phenoxy) is 1. The summed E-state index contributed by atoms with van der Waals surface area (Å²) < 4.78 is 30.6. The van der Waals surface area contributed by atoms with Crippen molar-refractivity contribution < 1.29 is 17.9 Å². The lowest BCUT2D eigenvalue weighted by atomic mass is 10.1. The van der Waals surface area contributed by atoms with Crippen LogP contribution in [0.25, 0.3) is 0 Å². The van der Waals surface area contributed by atoms with Crippen LogP contribution in [0, 0.1) is 0 Å². The van der Waals surface area contributed by atoms with Gasteiger partial charge in [-0.05, 0) is 55.8 Å². The summed E-state index contributed by atoms with van der Waals surface area (Å²) in [5, 5.41) is 4.08. The van der Waals surface area contributed by atoms with Gasteiger partial charge in [0.15, 0.2) is 0 Å². The van der Waals surface area contributed by atoms with Crippen molar-refractivity contribution in [3.05, 3.63) is 60.2 Å². The second-order valence-corrected chi connectivity index (χ2v) is 7.83. The van der Waals surface area contributed by atoms with Gasteiger partial charge in [-0.3, -0.25) is 9.10 Å². The Bertz CT molecular complexity index is 910. The number of hydrogen-bond acceptors (Lipinski definition) is 5. The summed E-state index contributed by atoms with van der Waals surface area (Å²) in [6.07, 6.45) is 1.07. The SMILES string of the molecule is COc1ccc(/C(C)=N\NC(=O)[C@@H](C)N(c2ccccc2)S(C)(=O)=O)cc1. The molecule has 0 aliphatic heterocycles. The maximum Gasteiger partial charge on any atom is 0.263 e. The van der Waals surface area contributed by atoms with Gasteiger partial charge in [0.2, 0.25) is 10.0 Å². The first-order valence-corrected chi connectivity index (χ1v) is 10.1. The summed E-state index contributed by atoms with van der Waals surface area (Å²) in [6.45, 7) is 3.26. The lowest BCUT2D eigenvalue weighted by Crippen LogP contribution is -2.46. The summed E-state index contributed by atoms with van der Waals surface area (Å²) in [5.74, 6) is 0.188. The van der Waals surface area contributed by atoms with Crippen LogP contribution in [0.15, 0.2) is 59.7 Å². The number of nitrogens with zero attached hydrogens (tertiary/aromatic N) is 2. The van der Waals surface area contributed by atoms with E-state index in [1.54, 1.807) is 56.5 Å². The van der Waals surface area contributed by atoms with Crippen LogP contribution < -0.4 is 14.5 Å². The van der Waals surface area contributed by atoms with E-state index < -0.39 is 22.0 Å². The van der Waals surface area contributed by atoms with E-state index in [1.807, 2.05) is 12.1 Å². The fraction of sp³-hybridized carbons (Fsp3) is 0.263. The molecule has 0 bridgehead atoms. The van der Waals surface area contributed by atoms with Gasteiger partial charge >= 0.3 is 0 Å². The average Bonchev–Trinajstić information content (AvgIpc) is 2.65. The molecule has 0 unspecified atom stereocenters. The number of sulfonamides is 1. The van der Waals surface area contributed by atoms with E-state index in [0.717, 1.165) is 21.9 Å². The number of hydrogen-bond donors (Lipinski definition) is 1. The number of anilines is 1. The van der Waals surface area contributed by atoms with Gasteiger partial charge in [0.25, 0.3) is 5.91 Å². The van der Waals surface area contributed by atoms with E-state index in [2.05, 4.69) is 10.5 Å². The van der Waals surface area contributed by atoms with Crippen LogP contribution in [-0.4, -0.2) is 39.4 Å². The van der Waals surface area contributed by atoms with Crippen molar-refractivity contribution in [1.82, 2.24) is 5.43 Å². The third-order valence-electron chi connectivity index (χ3n) is 3.94. The van der Waals surface area contributed by atoms with Gasteiger partial charge in [0, 0.05) is 0 Å². The molecule has 144 valence electrons. The molecule has 1 atom stereocenters. The van der Waals surface area contributed by atoms with Crippen molar-refractivity contribution in [2.45, 2.75) is 19.9 Å². The molecular formula is C19H23N3O4S. The molecule has 0 fully saturated rings. The van der Waals surface area contributed by atoms with E-state index in [4.69, 9.17) is 4.74 Å². The first kappa shape index (κ1) is 20.4. The first-order chi connectivity index (χ1) is 12.7. The highest BCUT2D eigenvalue weighted by atomic mass is 32.2. The highest BCUT2D eigenvalue weighted by Gasteiger charge is 2.28. The number of amides is 1. The van der Waals surface area contributed by atoms with Gasteiger partial charge < -0.3 is 4.74 Å². The first-order valence-electron chi connectivity index (χ1n) is 8.27. The molecule has 0 saturated carbocycles. The van der Waals surface area contributed by atoms with Crippen molar-refractivity contribution >= 4 is 27.3 Å². The molecule has 1 N–H and O–H groups in total. The largest absolute Gasteiger partial charge is 0.497 e. The van der Waals surface area contributed by atoms with Crippen LogP contribution in [0.4, 0.5) is 5.69 Å². The zero-order valence-electron chi connectivity index (χ0n) is 15.7. The Labute approximate surface area is 159 Å². The molecule has 1 amide bonds. The van der Waals surface area contributed by atoms with E-state index >= 15 is 0 Å². The number of rotatable bonds is 7. The highest BCUT2D eigenvalue weighted by Crippen LogP contribution is 2.20. The Kier molecular flexibility index (Phi) is 6.57. The van der Waals surface area contributed by atoms with Crippen LogP contribution in [0.3, 0.4) is 0 Å². The topological polar surface area (TPSA) is 88.1 Å². The summed E-state index contributed by atoms with van der Waals surface area (Å²) in [4.78, 5) is 12.5. The van der Waals surface area contributed by atoms with Gasteiger partial charge in [-0.15, -0.1) is 0 Å². The van der Waals surface area contributed by atoms with Gasteiger partial charge in [0.1, 0.15) is 11.8 Å². The summed E-state index contributed by atoms with van der Waals surface area (Å²) in [6, 6.07) is 14.7.